The van der Waals surface area contributed by atoms with Crippen LogP contribution in [0.2, 0.25) is 0 Å². The van der Waals surface area contributed by atoms with Gasteiger partial charge in [-0.2, -0.15) is 0 Å². The van der Waals surface area contributed by atoms with E-state index in [-0.39, 0.29) is 0 Å². The highest BCUT2D eigenvalue weighted by Gasteiger charge is 2.21. The highest BCUT2D eigenvalue weighted by molar-refractivity contribution is 6.23. The monoisotopic (exact) mass is 1140 g/mol. The molecule has 17 aromatic carbocycles. The second-order valence-electron chi connectivity index (χ2n) is 23.4. The topological polar surface area (TPSA) is 0 Å². The minimum absolute atomic E-state index is 1.21. The van der Waals surface area contributed by atoms with Crippen molar-refractivity contribution in [2.75, 3.05) is 0 Å². The van der Waals surface area contributed by atoms with Crippen LogP contribution in [0.5, 0.6) is 0 Å². The van der Waals surface area contributed by atoms with Gasteiger partial charge in [0.05, 0.1) is 0 Å². The van der Waals surface area contributed by atoms with Gasteiger partial charge < -0.3 is 0 Å². The molecule has 90 heavy (non-hydrogen) atoms. The maximum absolute atomic E-state index is 2.42. The Hall–Kier alpha value is -11.7. The van der Waals surface area contributed by atoms with Gasteiger partial charge in [-0.1, -0.05) is 340 Å². The number of hydrogen-bond acceptors (Lipinski definition) is 0. The fourth-order valence-electron chi connectivity index (χ4n) is 13.8. The summed E-state index contributed by atoms with van der Waals surface area (Å²) in [5.74, 6) is 0. The van der Waals surface area contributed by atoms with Gasteiger partial charge in [-0.25, -0.2) is 0 Å². The normalized spacial score (nSPS) is 11.3. The second kappa shape index (κ2) is 23.5. The van der Waals surface area contributed by atoms with E-state index in [2.05, 4.69) is 364 Å². The Morgan fingerprint density at radius 3 is 0.789 bits per heavy atom. The molecule has 0 heterocycles. The minimum Gasteiger partial charge on any atom is -0.0622 e. The van der Waals surface area contributed by atoms with Crippen LogP contribution in [0.15, 0.2) is 364 Å². The third-order valence-electron chi connectivity index (χ3n) is 18.1. The highest BCUT2D eigenvalue weighted by atomic mass is 14.2. The first-order valence-corrected chi connectivity index (χ1v) is 31.1. The quantitative estimate of drug-likeness (QED) is 0.126. The van der Waals surface area contributed by atoms with E-state index in [1.54, 1.807) is 0 Å². The molecule has 17 rings (SSSR count). The molecule has 0 spiro atoms. The summed E-state index contributed by atoms with van der Waals surface area (Å²) >= 11 is 0. The first-order valence-electron chi connectivity index (χ1n) is 31.1. The van der Waals surface area contributed by atoms with Gasteiger partial charge in [0.15, 0.2) is 0 Å². The molecule has 0 nitrogen and oxygen atoms in total. The van der Waals surface area contributed by atoms with Crippen LogP contribution in [0.4, 0.5) is 0 Å². The van der Waals surface area contributed by atoms with Crippen molar-refractivity contribution >= 4 is 64.6 Å². The number of fused-ring (bicyclic) bond motifs is 6. The van der Waals surface area contributed by atoms with Gasteiger partial charge in [-0.15, -0.1) is 0 Å². The molecule has 0 aliphatic rings. The Morgan fingerprint density at radius 1 is 0.111 bits per heavy atom. The SMILES string of the molecule is c1ccc(-c2ccc3c(-c4ccc(-c5ccc6ccccc6c5)cc4)c4ccccc4c(-c4ccccc4)c3c2)cc1.c1ccc(-c2ccccc2-c2ccc3c(-c4ccc(-c5ccc6ccccc6c5)cc4)c4ccccc4c(-c4ccccc4)c3c2)cc1. The molecule has 0 heteroatoms. The van der Waals surface area contributed by atoms with Gasteiger partial charge >= 0.3 is 0 Å². The van der Waals surface area contributed by atoms with E-state index in [1.807, 2.05) is 0 Å². The van der Waals surface area contributed by atoms with Gasteiger partial charge in [0, 0.05) is 0 Å². The lowest BCUT2D eigenvalue weighted by atomic mass is 9.84. The maximum atomic E-state index is 2.42. The molecule has 0 unspecified atom stereocenters. The summed E-state index contributed by atoms with van der Waals surface area (Å²) in [7, 11) is 0. The molecule has 0 aliphatic carbocycles. The van der Waals surface area contributed by atoms with Crippen molar-refractivity contribution in [1.82, 2.24) is 0 Å². The Morgan fingerprint density at radius 2 is 0.356 bits per heavy atom. The van der Waals surface area contributed by atoms with Crippen LogP contribution in [0, 0.1) is 0 Å². The van der Waals surface area contributed by atoms with Gasteiger partial charge in [-0.05, 0) is 189 Å². The van der Waals surface area contributed by atoms with E-state index >= 15 is 0 Å². The summed E-state index contributed by atoms with van der Waals surface area (Å²) in [4.78, 5) is 0. The molecule has 0 aliphatic heterocycles. The van der Waals surface area contributed by atoms with Crippen molar-refractivity contribution in [3.05, 3.63) is 364 Å². The lowest BCUT2D eigenvalue weighted by Gasteiger charge is -2.19. The first kappa shape index (κ1) is 53.7. The average molecular weight is 1140 g/mol. The lowest BCUT2D eigenvalue weighted by Crippen LogP contribution is -1.92. The summed E-state index contributed by atoms with van der Waals surface area (Å²) in [6, 6.07) is 132. The van der Waals surface area contributed by atoms with E-state index in [0.717, 1.165) is 0 Å². The van der Waals surface area contributed by atoms with Crippen LogP contribution in [0.25, 0.3) is 165 Å². The van der Waals surface area contributed by atoms with Crippen LogP contribution in [-0.2, 0) is 0 Å². The molecule has 17 aromatic rings. The van der Waals surface area contributed by atoms with E-state index in [1.165, 1.54) is 165 Å². The third-order valence-corrected chi connectivity index (χ3v) is 18.1. The number of benzene rings is 17. The molecular formula is C90H60. The van der Waals surface area contributed by atoms with Gasteiger partial charge in [0.25, 0.3) is 0 Å². The second-order valence-corrected chi connectivity index (χ2v) is 23.4. The predicted octanol–water partition coefficient (Wildman–Crippen LogP) is 25.3. The van der Waals surface area contributed by atoms with Crippen molar-refractivity contribution in [2.24, 2.45) is 0 Å². The summed E-state index contributed by atoms with van der Waals surface area (Å²) in [5.41, 5.74) is 22.3. The van der Waals surface area contributed by atoms with E-state index < -0.39 is 0 Å². The van der Waals surface area contributed by atoms with Crippen LogP contribution in [-0.4, -0.2) is 0 Å². The summed E-state index contributed by atoms with van der Waals surface area (Å²) < 4.78 is 0. The number of rotatable bonds is 9. The summed E-state index contributed by atoms with van der Waals surface area (Å²) in [5, 5.41) is 15.2. The van der Waals surface area contributed by atoms with Gasteiger partial charge in [0.2, 0.25) is 0 Å². The van der Waals surface area contributed by atoms with E-state index in [4.69, 9.17) is 0 Å². The zero-order valence-electron chi connectivity index (χ0n) is 49.6. The van der Waals surface area contributed by atoms with Crippen molar-refractivity contribution in [3.8, 4) is 100 Å². The van der Waals surface area contributed by atoms with Gasteiger partial charge in [-0.3, -0.25) is 0 Å². The number of hydrogen-bond donors (Lipinski definition) is 0. The third kappa shape index (κ3) is 10.1. The molecular weight excluding hydrogens is 1080 g/mol. The first-order chi connectivity index (χ1) is 44.6. The average Bonchev–Trinajstić information content (AvgIpc) is 0.771. The molecule has 420 valence electrons. The molecule has 0 radical (unpaired) electrons. The van der Waals surface area contributed by atoms with Crippen molar-refractivity contribution in [1.29, 1.82) is 0 Å². The van der Waals surface area contributed by atoms with Crippen LogP contribution in [0.3, 0.4) is 0 Å². The Labute approximate surface area is 525 Å². The Balaban J connectivity index is 0.000000145. The Bertz CT molecular complexity index is 5470. The van der Waals surface area contributed by atoms with Crippen LogP contribution < -0.4 is 0 Å². The van der Waals surface area contributed by atoms with Gasteiger partial charge in [0.1, 0.15) is 0 Å². The standard InChI is InChI=1S/C48H32.C42H28/c1-3-14-35(15-4-1)41-19-9-10-20-42(41)40-29-30-45-46(32-40)48(36-16-5-2-6-17-36)44-22-12-11-21-43(44)47(45)37-26-23-34(24-27-37)39-28-25-33-13-7-8-18-38(33)31-39;1-3-11-29(12-4-1)36-25-26-39-40(28-36)42(32-14-5-2-6-15-32)38-18-10-9-17-37(38)41(39)33-22-19-31(20-23-33)35-24-21-30-13-7-8-16-34(30)27-35/h1-32H;1-28H. The highest BCUT2D eigenvalue weighted by Crippen LogP contribution is 2.48. The molecule has 0 saturated heterocycles. The zero-order chi connectivity index (χ0) is 59.7. The van der Waals surface area contributed by atoms with Crippen molar-refractivity contribution in [2.45, 2.75) is 0 Å². The smallest absolute Gasteiger partial charge is 0.00262 e. The van der Waals surface area contributed by atoms with Crippen molar-refractivity contribution in [3.63, 3.8) is 0 Å². The van der Waals surface area contributed by atoms with Crippen LogP contribution >= 0.6 is 0 Å². The Kier molecular flexibility index (Phi) is 14.1. The van der Waals surface area contributed by atoms with Crippen LogP contribution in [0.1, 0.15) is 0 Å². The molecule has 0 atom stereocenters. The fourth-order valence-corrected chi connectivity index (χ4v) is 13.8. The van der Waals surface area contributed by atoms with E-state index in [9.17, 15) is 0 Å². The largest absolute Gasteiger partial charge is 0.0622 e. The minimum atomic E-state index is 1.21. The molecule has 0 aromatic heterocycles. The predicted molar refractivity (Wildman–Crippen MR) is 387 cm³/mol. The maximum Gasteiger partial charge on any atom is -0.00262 e. The zero-order valence-corrected chi connectivity index (χ0v) is 49.6. The molecule has 0 saturated carbocycles. The fraction of sp³-hybridized carbons (Fsp3) is 0. The molecule has 0 N–H and O–H groups in total. The summed E-state index contributed by atoms with van der Waals surface area (Å²) in [6.45, 7) is 0. The van der Waals surface area contributed by atoms with E-state index in [0.29, 0.717) is 0 Å². The summed E-state index contributed by atoms with van der Waals surface area (Å²) in [6.07, 6.45) is 0. The molecule has 0 amide bonds. The lowest BCUT2D eigenvalue weighted by molar-refractivity contribution is 1.59. The molecule has 0 fully saturated rings. The molecule has 0 bridgehead atoms. The van der Waals surface area contributed by atoms with Crippen molar-refractivity contribution < 1.29 is 0 Å².